The largest absolute Gasteiger partial charge is 0.369 e. The van der Waals surface area contributed by atoms with Crippen LogP contribution in [0.5, 0.6) is 0 Å². The first kappa shape index (κ1) is 24.0. The van der Waals surface area contributed by atoms with Crippen molar-refractivity contribution >= 4 is 0 Å². The fourth-order valence-corrected chi connectivity index (χ4v) is 4.80. The second-order valence-electron chi connectivity index (χ2n) is 8.72. The van der Waals surface area contributed by atoms with Gasteiger partial charge < -0.3 is 0 Å². The lowest BCUT2D eigenvalue weighted by atomic mass is 9.84. The molecule has 178 valence electrons. The maximum atomic E-state index is 6.98. The summed E-state index contributed by atoms with van der Waals surface area (Å²) in [5.74, 6) is 1.72. The molecular weight excluding hydrogens is 448 g/mol. The van der Waals surface area contributed by atoms with Crippen LogP contribution in [0, 0.1) is 0 Å². The van der Waals surface area contributed by atoms with Gasteiger partial charge in [-0.15, -0.1) is 0 Å². The van der Waals surface area contributed by atoms with Crippen molar-refractivity contribution in [2.75, 3.05) is 0 Å². The lowest BCUT2D eigenvalue weighted by molar-refractivity contribution is 0.586. The zero-order chi connectivity index (χ0) is 24.2. The van der Waals surface area contributed by atoms with E-state index in [1.54, 1.807) is 0 Å². The monoisotopic (exact) mass is 477 g/mol. The summed E-state index contributed by atoms with van der Waals surface area (Å²) in [5, 5.41) is 0. The lowest BCUT2D eigenvalue weighted by Crippen LogP contribution is -1.98. The Morgan fingerprint density at radius 3 is 0.811 bits per heavy atom. The van der Waals surface area contributed by atoms with Crippen LogP contribution in [0.15, 0.2) is 156 Å². The highest BCUT2D eigenvalue weighted by atomic mass is 16.3. The summed E-state index contributed by atoms with van der Waals surface area (Å²) in [6.07, 6.45) is 0. The molecule has 0 saturated carbocycles. The molecule has 0 aliphatic carbocycles. The molecule has 0 amide bonds. The van der Waals surface area contributed by atoms with E-state index in [0.29, 0.717) is 0 Å². The zero-order valence-corrected chi connectivity index (χ0v) is 19.8. The van der Waals surface area contributed by atoms with Gasteiger partial charge in [-0.3, -0.25) is 0 Å². The normalized spacial score (nSPS) is 10.5. The first-order valence-corrected chi connectivity index (χ1v) is 12.2. The Hall–Kier alpha value is -4.75. The lowest BCUT2D eigenvalue weighted by Gasteiger charge is -2.16. The van der Waals surface area contributed by atoms with Crippen LogP contribution in [0.1, 0.15) is 7.43 Å². The van der Waals surface area contributed by atoms with Crippen LogP contribution >= 0.6 is 0 Å². The van der Waals surface area contributed by atoms with Crippen LogP contribution in [-0.4, -0.2) is 0 Å². The molecule has 0 aliphatic heterocycles. The molecule has 0 bridgehead atoms. The van der Waals surface area contributed by atoms with Gasteiger partial charge in [-0.05, 0) is 41.0 Å². The maximum Gasteiger partial charge on any atom is 0.369 e. The highest BCUT2D eigenvalue weighted by molar-refractivity contribution is 6.03. The predicted molar refractivity (Wildman–Crippen MR) is 157 cm³/mol. The van der Waals surface area contributed by atoms with Gasteiger partial charge in [0.1, 0.15) is 0 Å². The van der Waals surface area contributed by atoms with Crippen molar-refractivity contribution in [3.8, 4) is 56.0 Å². The van der Waals surface area contributed by atoms with Crippen molar-refractivity contribution in [1.82, 2.24) is 0 Å². The first-order valence-electron chi connectivity index (χ1n) is 12.2. The molecule has 0 radical (unpaired) electrons. The van der Waals surface area contributed by atoms with Crippen LogP contribution in [-0.2, 0) is 0 Å². The average Bonchev–Trinajstić information content (AvgIpc) is 2.98. The third-order valence-electron chi connectivity index (χ3n) is 6.42. The molecule has 1 aromatic heterocycles. The Morgan fingerprint density at radius 2 is 0.514 bits per heavy atom. The molecule has 0 N–H and O–H groups in total. The topological polar surface area (TPSA) is 11.3 Å². The molecular formula is C36H29O+. The Bertz CT molecular complexity index is 1470. The zero-order valence-electron chi connectivity index (χ0n) is 19.8. The van der Waals surface area contributed by atoms with E-state index in [9.17, 15) is 0 Å². The van der Waals surface area contributed by atoms with Gasteiger partial charge in [-0.2, -0.15) is 0 Å². The molecule has 6 aromatic rings. The van der Waals surface area contributed by atoms with Crippen LogP contribution in [0.2, 0.25) is 0 Å². The van der Waals surface area contributed by atoms with E-state index in [2.05, 4.69) is 140 Å². The fourth-order valence-electron chi connectivity index (χ4n) is 4.80. The van der Waals surface area contributed by atoms with Gasteiger partial charge in [0.15, 0.2) is 0 Å². The van der Waals surface area contributed by atoms with Crippen molar-refractivity contribution in [3.05, 3.63) is 152 Å². The highest BCUT2D eigenvalue weighted by Crippen LogP contribution is 2.50. The SMILES string of the molecule is C.c1ccc(-c2[o+]c(-c3ccccc3)c(-c3ccccc3)c(-c3ccccc3)c2-c2ccccc2)cc1. The smallest absolute Gasteiger partial charge is 0.205 e. The standard InChI is InChI=1S/C35H25O.CH4/c1-6-16-26(17-7-1)31-32(27-18-8-2-9-19-27)34(29-22-12-4-13-23-29)36-35(30-24-14-5-15-25-30)33(31)28-20-10-3-11-21-28;/h1-25H;1H4/q+1;. The quantitative estimate of drug-likeness (QED) is 0.225. The Kier molecular flexibility index (Phi) is 7.05. The van der Waals surface area contributed by atoms with E-state index in [1.165, 1.54) is 0 Å². The van der Waals surface area contributed by atoms with Crippen LogP contribution < -0.4 is 0 Å². The van der Waals surface area contributed by atoms with Gasteiger partial charge in [0, 0.05) is 5.56 Å². The van der Waals surface area contributed by atoms with Crippen molar-refractivity contribution in [3.63, 3.8) is 0 Å². The molecule has 0 fully saturated rings. The molecule has 0 aliphatic rings. The second-order valence-corrected chi connectivity index (χ2v) is 8.72. The number of benzene rings is 5. The molecule has 0 spiro atoms. The molecule has 1 nitrogen and oxygen atoms in total. The summed E-state index contributed by atoms with van der Waals surface area (Å²) in [5.41, 5.74) is 8.83. The minimum Gasteiger partial charge on any atom is -0.205 e. The number of hydrogen-bond donors (Lipinski definition) is 0. The van der Waals surface area contributed by atoms with E-state index < -0.39 is 0 Å². The van der Waals surface area contributed by atoms with Crippen molar-refractivity contribution in [2.24, 2.45) is 0 Å². The van der Waals surface area contributed by atoms with E-state index >= 15 is 0 Å². The van der Waals surface area contributed by atoms with E-state index in [4.69, 9.17) is 4.42 Å². The molecule has 37 heavy (non-hydrogen) atoms. The van der Waals surface area contributed by atoms with Crippen LogP contribution in [0.3, 0.4) is 0 Å². The van der Waals surface area contributed by atoms with Crippen molar-refractivity contribution in [2.45, 2.75) is 7.43 Å². The first-order chi connectivity index (χ1) is 17.9. The van der Waals surface area contributed by atoms with Crippen molar-refractivity contribution in [1.29, 1.82) is 0 Å². The minimum atomic E-state index is 0. The molecule has 0 atom stereocenters. The molecule has 1 heterocycles. The summed E-state index contributed by atoms with van der Waals surface area (Å²) in [7, 11) is 0. The van der Waals surface area contributed by atoms with Crippen LogP contribution in [0.4, 0.5) is 0 Å². The number of hydrogen-bond acceptors (Lipinski definition) is 0. The van der Waals surface area contributed by atoms with Gasteiger partial charge in [0.25, 0.3) is 0 Å². The summed E-state index contributed by atoms with van der Waals surface area (Å²) >= 11 is 0. The van der Waals surface area contributed by atoms with E-state index in [1.807, 2.05) is 12.1 Å². The molecule has 0 saturated heterocycles. The van der Waals surface area contributed by atoms with Gasteiger partial charge in [-0.1, -0.05) is 135 Å². The van der Waals surface area contributed by atoms with E-state index in [-0.39, 0.29) is 7.43 Å². The van der Waals surface area contributed by atoms with Gasteiger partial charge in [0.05, 0.1) is 22.3 Å². The fraction of sp³-hybridized carbons (Fsp3) is 0.0278. The van der Waals surface area contributed by atoms with Gasteiger partial charge >= 0.3 is 11.5 Å². The second kappa shape index (κ2) is 10.9. The van der Waals surface area contributed by atoms with E-state index in [0.717, 1.165) is 56.0 Å². The molecule has 5 aromatic carbocycles. The summed E-state index contributed by atoms with van der Waals surface area (Å²) in [4.78, 5) is 0. The third kappa shape index (κ3) is 4.72. The Labute approximate surface area is 219 Å². The summed E-state index contributed by atoms with van der Waals surface area (Å²) in [6.45, 7) is 0. The average molecular weight is 478 g/mol. The predicted octanol–water partition coefficient (Wildman–Crippen LogP) is 10.5. The van der Waals surface area contributed by atoms with Crippen LogP contribution in [0.25, 0.3) is 56.0 Å². The summed E-state index contributed by atoms with van der Waals surface area (Å²) < 4.78 is 6.98. The third-order valence-corrected chi connectivity index (χ3v) is 6.42. The van der Waals surface area contributed by atoms with Gasteiger partial charge in [0.2, 0.25) is 0 Å². The summed E-state index contributed by atoms with van der Waals surface area (Å²) in [6, 6.07) is 52.6. The minimum absolute atomic E-state index is 0. The van der Waals surface area contributed by atoms with Crippen molar-refractivity contribution < 1.29 is 4.42 Å². The maximum absolute atomic E-state index is 6.98. The van der Waals surface area contributed by atoms with Gasteiger partial charge in [-0.25, -0.2) is 4.42 Å². The molecule has 6 rings (SSSR count). The molecule has 1 heteroatoms. The Morgan fingerprint density at radius 1 is 0.270 bits per heavy atom. The highest BCUT2D eigenvalue weighted by Gasteiger charge is 2.34. The molecule has 0 unspecified atom stereocenters. The number of rotatable bonds is 5. The Balaban J connectivity index is 0.00000280.